The summed E-state index contributed by atoms with van der Waals surface area (Å²) < 4.78 is 9.96. The van der Waals surface area contributed by atoms with E-state index in [1.807, 2.05) is 12.1 Å². The van der Waals surface area contributed by atoms with Crippen LogP contribution in [0.1, 0.15) is 29.2 Å². The van der Waals surface area contributed by atoms with Gasteiger partial charge in [0.1, 0.15) is 9.88 Å². The van der Waals surface area contributed by atoms with E-state index < -0.39 is 11.9 Å². The number of hydrogen-bond acceptors (Lipinski definition) is 6. The highest BCUT2D eigenvalue weighted by Crippen LogP contribution is 2.30. The van der Waals surface area contributed by atoms with Crippen molar-refractivity contribution in [3.8, 4) is 10.6 Å². The number of carbonyl (C=O) groups is 2. The number of esters is 2. The Balaban J connectivity index is 2.36. The third kappa shape index (κ3) is 4.53. The highest BCUT2D eigenvalue weighted by Gasteiger charge is 2.22. The summed E-state index contributed by atoms with van der Waals surface area (Å²) in [6.07, 6.45) is -0.0634. The minimum atomic E-state index is -0.482. The summed E-state index contributed by atoms with van der Waals surface area (Å²) in [6.45, 7) is 3.99. The fourth-order valence-corrected chi connectivity index (χ4v) is 3.00. The summed E-state index contributed by atoms with van der Waals surface area (Å²) in [6, 6.07) is 7.11. The number of thiazole rings is 1. The summed E-state index contributed by atoms with van der Waals surface area (Å²) in [5.74, 6) is -0.907. The molecule has 1 heterocycles. The minimum absolute atomic E-state index is 0.0634. The molecule has 0 aliphatic carbocycles. The SMILES string of the molecule is CCOC(=O)Cc1nc(-c2ccc(Cl)cc2)sc1C(=O)OCC. The summed E-state index contributed by atoms with van der Waals surface area (Å²) in [4.78, 5) is 28.5. The van der Waals surface area contributed by atoms with Crippen molar-refractivity contribution in [1.29, 1.82) is 0 Å². The van der Waals surface area contributed by atoms with Gasteiger partial charge in [0, 0.05) is 10.6 Å². The lowest BCUT2D eigenvalue weighted by Crippen LogP contribution is -2.12. The maximum Gasteiger partial charge on any atom is 0.350 e. The van der Waals surface area contributed by atoms with Crippen LogP contribution in [0.3, 0.4) is 0 Å². The van der Waals surface area contributed by atoms with Crippen LogP contribution in [0.4, 0.5) is 0 Å². The zero-order valence-corrected chi connectivity index (χ0v) is 14.4. The Kier molecular flexibility index (Phi) is 6.12. The number of halogens is 1. The quantitative estimate of drug-likeness (QED) is 0.740. The van der Waals surface area contributed by atoms with Crippen LogP contribution in [0.15, 0.2) is 24.3 Å². The maximum absolute atomic E-state index is 12.1. The summed E-state index contributed by atoms with van der Waals surface area (Å²) >= 11 is 7.07. The molecule has 0 fully saturated rings. The van der Waals surface area contributed by atoms with Crippen molar-refractivity contribution in [2.75, 3.05) is 13.2 Å². The van der Waals surface area contributed by atoms with Gasteiger partial charge in [0.15, 0.2) is 0 Å². The molecule has 23 heavy (non-hydrogen) atoms. The first kappa shape index (κ1) is 17.4. The number of rotatable bonds is 6. The molecular formula is C16H16ClNO4S. The smallest absolute Gasteiger partial charge is 0.350 e. The number of hydrogen-bond donors (Lipinski definition) is 0. The summed E-state index contributed by atoms with van der Waals surface area (Å²) in [5, 5.41) is 1.24. The van der Waals surface area contributed by atoms with Crippen LogP contribution < -0.4 is 0 Å². The molecule has 0 spiro atoms. The lowest BCUT2D eigenvalue weighted by Gasteiger charge is -2.02. The van der Waals surface area contributed by atoms with Crippen molar-refractivity contribution < 1.29 is 19.1 Å². The second-order valence-electron chi connectivity index (χ2n) is 4.50. The average molecular weight is 354 g/mol. The fraction of sp³-hybridized carbons (Fsp3) is 0.312. The minimum Gasteiger partial charge on any atom is -0.466 e. The Morgan fingerprint density at radius 1 is 1.13 bits per heavy atom. The van der Waals surface area contributed by atoms with Gasteiger partial charge in [-0.1, -0.05) is 23.7 Å². The van der Waals surface area contributed by atoms with Gasteiger partial charge in [0.25, 0.3) is 0 Å². The van der Waals surface area contributed by atoms with Crippen LogP contribution >= 0.6 is 22.9 Å². The van der Waals surface area contributed by atoms with E-state index in [4.69, 9.17) is 21.1 Å². The monoisotopic (exact) mass is 353 g/mol. The molecule has 1 aromatic heterocycles. The highest BCUT2D eigenvalue weighted by molar-refractivity contribution is 7.17. The zero-order valence-electron chi connectivity index (χ0n) is 12.8. The van der Waals surface area contributed by atoms with Crippen molar-refractivity contribution in [1.82, 2.24) is 4.98 Å². The van der Waals surface area contributed by atoms with Crippen molar-refractivity contribution in [2.24, 2.45) is 0 Å². The van der Waals surface area contributed by atoms with Crippen LogP contribution in [-0.2, 0) is 20.7 Å². The molecule has 2 rings (SSSR count). The maximum atomic E-state index is 12.1. The zero-order chi connectivity index (χ0) is 16.8. The molecule has 122 valence electrons. The highest BCUT2D eigenvalue weighted by atomic mass is 35.5. The van der Waals surface area contributed by atoms with Gasteiger partial charge in [-0.05, 0) is 26.0 Å². The number of nitrogens with zero attached hydrogens (tertiary/aromatic N) is 1. The Bertz CT molecular complexity index is 697. The molecule has 0 amide bonds. The first-order valence-electron chi connectivity index (χ1n) is 7.13. The van der Waals surface area contributed by atoms with Gasteiger partial charge < -0.3 is 9.47 Å². The Morgan fingerprint density at radius 3 is 2.39 bits per heavy atom. The van der Waals surface area contributed by atoms with Crippen molar-refractivity contribution >= 4 is 34.9 Å². The molecule has 0 radical (unpaired) electrons. The van der Waals surface area contributed by atoms with E-state index in [1.54, 1.807) is 26.0 Å². The van der Waals surface area contributed by atoms with Crippen molar-refractivity contribution in [3.05, 3.63) is 39.9 Å². The topological polar surface area (TPSA) is 65.5 Å². The van der Waals surface area contributed by atoms with E-state index in [-0.39, 0.29) is 19.6 Å². The lowest BCUT2D eigenvalue weighted by atomic mass is 10.2. The fourth-order valence-electron chi connectivity index (χ4n) is 1.89. The van der Waals surface area contributed by atoms with Crippen LogP contribution in [0.5, 0.6) is 0 Å². The van der Waals surface area contributed by atoms with E-state index in [2.05, 4.69) is 4.98 Å². The van der Waals surface area contributed by atoms with E-state index in [9.17, 15) is 9.59 Å². The van der Waals surface area contributed by atoms with Crippen LogP contribution in [0.25, 0.3) is 10.6 Å². The molecular weight excluding hydrogens is 338 g/mol. The second-order valence-corrected chi connectivity index (χ2v) is 5.94. The molecule has 2 aromatic rings. The molecule has 0 saturated heterocycles. The largest absolute Gasteiger partial charge is 0.466 e. The first-order chi connectivity index (χ1) is 11.0. The third-order valence-electron chi connectivity index (χ3n) is 2.87. The van der Waals surface area contributed by atoms with Gasteiger partial charge in [0.2, 0.25) is 0 Å². The number of benzene rings is 1. The number of carbonyl (C=O) groups excluding carboxylic acids is 2. The normalized spacial score (nSPS) is 10.4. The summed E-state index contributed by atoms with van der Waals surface area (Å²) in [7, 11) is 0. The van der Waals surface area contributed by atoms with Crippen LogP contribution in [-0.4, -0.2) is 30.1 Å². The van der Waals surface area contributed by atoms with Crippen molar-refractivity contribution in [2.45, 2.75) is 20.3 Å². The Morgan fingerprint density at radius 2 is 1.78 bits per heavy atom. The first-order valence-corrected chi connectivity index (χ1v) is 8.33. The average Bonchev–Trinajstić information content (AvgIpc) is 2.92. The summed E-state index contributed by atoms with van der Waals surface area (Å²) in [5.41, 5.74) is 1.19. The van der Waals surface area contributed by atoms with Crippen LogP contribution in [0.2, 0.25) is 5.02 Å². The molecule has 0 aliphatic heterocycles. The molecule has 0 aliphatic rings. The Labute approximate surface area is 143 Å². The Hall–Kier alpha value is -1.92. The predicted molar refractivity (Wildman–Crippen MR) is 88.9 cm³/mol. The van der Waals surface area contributed by atoms with Gasteiger partial charge in [-0.15, -0.1) is 11.3 Å². The van der Waals surface area contributed by atoms with Gasteiger partial charge >= 0.3 is 11.9 Å². The molecule has 7 heteroatoms. The predicted octanol–water partition coefficient (Wildman–Crippen LogP) is 3.75. The van der Waals surface area contributed by atoms with E-state index in [0.717, 1.165) is 5.56 Å². The van der Waals surface area contributed by atoms with Gasteiger partial charge in [0.05, 0.1) is 25.3 Å². The number of ether oxygens (including phenoxy) is 2. The van der Waals surface area contributed by atoms with E-state index in [1.165, 1.54) is 11.3 Å². The second kappa shape index (κ2) is 8.08. The molecule has 0 bridgehead atoms. The van der Waals surface area contributed by atoms with Crippen molar-refractivity contribution in [3.63, 3.8) is 0 Å². The van der Waals surface area contributed by atoms with Gasteiger partial charge in [-0.3, -0.25) is 4.79 Å². The van der Waals surface area contributed by atoms with Gasteiger partial charge in [-0.25, -0.2) is 9.78 Å². The van der Waals surface area contributed by atoms with E-state index >= 15 is 0 Å². The molecule has 0 unspecified atom stereocenters. The van der Waals surface area contributed by atoms with E-state index in [0.29, 0.717) is 20.6 Å². The standard InChI is InChI=1S/C16H16ClNO4S/c1-3-21-13(19)9-12-14(16(20)22-4-2)23-15(18-12)10-5-7-11(17)8-6-10/h5-8H,3-4,9H2,1-2H3. The molecule has 0 N–H and O–H groups in total. The van der Waals surface area contributed by atoms with Crippen LogP contribution in [0, 0.1) is 0 Å². The van der Waals surface area contributed by atoms with Gasteiger partial charge in [-0.2, -0.15) is 0 Å². The molecule has 0 saturated carbocycles. The number of aromatic nitrogens is 1. The molecule has 0 atom stereocenters. The molecule has 5 nitrogen and oxygen atoms in total. The lowest BCUT2D eigenvalue weighted by molar-refractivity contribution is -0.142. The molecule has 1 aromatic carbocycles. The third-order valence-corrected chi connectivity index (χ3v) is 4.25.